The molecule has 1 aliphatic rings. The van der Waals surface area contributed by atoms with Crippen LogP contribution in [0.1, 0.15) is 60.5 Å². The van der Waals surface area contributed by atoms with Gasteiger partial charge in [0.05, 0.1) is 5.69 Å². The quantitative estimate of drug-likeness (QED) is 0.687. The van der Waals surface area contributed by atoms with Crippen LogP contribution in [0.2, 0.25) is 0 Å². The largest absolute Gasteiger partial charge is 0.448 e. The lowest BCUT2D eigenvalue weighted by Crippen LogP contribution is -2.40. The van der Waals surface area contributed by atoms with E-state index in [-0.39, 0.29) is 5.91 Å². The Bertz CT molecular complexity index is 821. The molecule has 1 aromatic heterocycles. The number of ether oxygens (including phenoxy) is 1. The number of hydrogen-bond acceptors (Lipinski definition) is 5. The maximum absolute atomic E-state index is 12.7. The van der Waals surface area contributed by atoms with Crippen LogP contribution in [-0.4, -0.2) is 41.0 Å². The molecule has 0 spiro atoms. The average Bonchev–Trinajstić information content (AvgIpc) is 2.91. The Morgan fingerprint density at radius 3 is 2.39 bits per heavy atom. The van der Waals surface area contributed by atoms with Crippen molar-refractivity contribution in [1.82, 2.24) is 9.88 Å². The Labute approximate surface area is 170 Å². The molecule has 5 nitrogen and oxygen atoms in total. The molecule has 0 N–H and O–H groups in total. The number of aryl methyl sites for hydroxylation is 2. The number of rotatable bonds is 5. The molecule has 0 radical (unpaired) electrons. The number of benzene rings is 1. The first-order chi connectivity index (χ1) is 13.5. The van der Waals surface area contributed by atoms with Gasteiger partial charge < -0.3 is 9.64 Å². The van der Waals surface area contributed by atoms with E-state index in [4.69, 9.17) is 4.74 Å². The van der Waals surface area contributed by atoms with Crippen molar-refractivity contribution in [2.24, 2.45) is 0 Å². The number of esters is 1. The highest BCUT2D eigenvalue weighted by Gasteiger charge is 2.26. The van der Waals surface area contributed by atoms with Gasteiger partial charge in [0.25, 0.3) is 5.91 Å². The van der Waals surface area contributed by atoms with Crippen LogP contribution in [-0.2, 0) is 16.0 Å². The van der Waals surface area contributed by atoms with Crippen LogP contribution in [0.3, 0.4) is 0 Å². The number of thiazole rings is 1. The van der Waals surface area contributed by atoms with E-state index in [2.05, 4.69) is 24.0 Å². The average molecular weight is 401 g/mol. The van der Waals surface area contributed by atoms with Gasteiger partial charge in [0.1, 0.15) is 9.88 Å². The van der Waals surface area contributed by atoms with E-state index in [9.17, 15) is 9.59 Å². The van der Waals surface area contributed by atoms with E-state index >= 15 is 0 Å². The Hall–Kier alpha value is -2.21. The maximum atomic E-state index is 12.7. The number of amides is 1. The standard InChI is InChI=1S/C22H28N2O3S/c1-4-17-9-11-18(12-10-17)20-23-15(2)19(28-20)22(26)27-16(3)21(25)24-13-7-5-6-8-14-24/h9-12,16H,4-8,13-14H2,1-3H3. The van der Waals surface area contributed by atoms with Crippen LogP contribution >= 0.6 is 11.3 Å². The first kappa shape index (κ1) is 20.5. The third kappa shape index (κ3) is 4.79. The van der Waals surface area contributed by atoms with Crippen molar-refractivity contribution in [3.05, 3.63) is 40.4 Å². The summed E-state index contributed by atoms with van der Waals surface area (Å²) in [5.41, 5.74) is 2.88. The lowest BCUT2D eigenvalue weighted by Gasteiger charge is -2.23. The van der Waals surface area contributed by atoms with Crippen molar-refractivity contribution in [2.75, 3.05) is 13.1 Å². The first-order valence-corrected chi connectivity index (χ1v) is 10.9. The molecule has 0 aliphatic carbocycles. The molecule has 1 amide bonds. The fourth-order valence-corrected chi connectivity index (χ4v) is 4.36. The van der Waals surface area contributed by atoms with Gasteiger partial charge in [-0.15, -0.1) is 11.3 Å². The summed E-state index contributed by atoms with van der Waals surface area (Å²) in [6.07, 6.45) is 4.54. The van der Waals surface area contributed by atoms with Gasteiger partial charge in [-0.25, -0.2) is 9.78 Å². The minimum Gasteiger partial charge on any atom is -0.448 e. The molecule has 2 heterocycles. The summed E-state index contributed by atoms with van der Waals surface area (Å²) in [4.78, 5) is 32.1. The van der Waals surface area contributed by atoms with Gasteiger partial charge >= 0.3 is 5.97 Å². The van der Waals surface area contributed by atoms with Crippen LogP contribution in [0.15, 0.2) is 24.3 Å². The summed E-state index contributed by atoms with van der Waals surface area (Å²) in [6.45, 7) is 7.07. The monoisotopic (exact) mass is 400 g/mol. The van der Waals surface area contributed by atoms with Gasteiger partial charge in [0.2, 0.25) is 0 Å². The molecule has 1 aromatic carbocycles. The zero-order chi connectivity index (χ0) is 20.1. The fraction of sp³-hybridized carbons (Fsp3) is 0.500. The molecule has 28 heavy (non-hydrogen) atoms. The summed E-state index contributed by atoms with van der Waals surface area (Å²) in [5, 5.41) is 0.790. The van der Waals surface area contributed by atoms with Crippen molar-refractivity contribution in [3.63, 3.8) is 0 Å². The first-order valence-electron chi connectivity index (χ1n) is 10.1. The van der Waals surface area contributed by atoms with Crippen molar-refractivity contribution < 1.29 is 14.3 Å². The van der Waals surface area contributed by atoms with Gasteiger partial charge in [-0.3, -0.25) is 4.79 Å². The van der Waals surface area contributed by atoms with Crippen molar-refractivity contribution in [2.45, 2.75) is 59.0 Å². The predicted molar refractivity (Wildman–Crippen MR) is 112 cm³/mol. The Kier molecular flexibility index (Phi) is 6.83. The van der Waals surface area contributed by atoms with Crippen LogP contribution in [0.25, 0.3) is 10.6 Å². The molecule has 150 valence electrons. The zero-order valence-corrected chi connectivity index (χ0v) is 17.7. The van der Waals surface area contributed by atoms with Gasteiger partial charge in [0.15, 0.2) is 6.10 Å². The molecule has 1 atom stereocenters. The number of aromatic nitrogens is 1. The van der Waals surface area contributed by atoms with Gasteiger partial charge in [0, 0.05) is 18.7 Å². The number of carbonyl (C=O) groups is 2. The molecular formula is C22H28N2O3S. The lowest BCUT2D eigenvalue weighted by atomic mass is 10.1. The topological polar surface area (TPSA) is 59.5 Å². The van der Waals surface area contributed by atoms with E-state index in [1.807, 2.05) is 17.0 Å². The van der Waals surface area contributed by atoms with Gasteiger partial charge in [-0.05, 0) is 38.7 Å². The highest BCUT2D eigenvalue weighted by Crippen LogP contribution is 2.29. The number of likely N-dealkylation sites (tertiary alicyclic amines) is 1. The molecule has 2 aromatic rings. The van der Waals surface area contributed by atoms with Gasteiger partial charge in [-0.1, -0.05) is 44.0 Å². The second kappa shape index (κ2) is 9.32. The van der Waals surface area contributed by atoms with Crippen LogP contribution in [0, 0.1) is 6.92 Å². The molecule has 6 heteroatoms. The normalized spacial score (nSPS) is 15.8. The highest BCUT2D eigenvalue weighted by molar-refractivity contribution is 7.17. The van der Waals surface area contributed by atoms with Gasteiger partial charge in [-0.2, -0.15) is 0 Å². The number of hydrogen-bond donors (Lipinski definition) is 0. The van der Waals surface area contributed by atoms with Crippen molar-refractivity contribution >= 4 is 23.2 Å². The van der Waals surface area contributed by atoms with Crippen LogP contribution in [0.4, 0.5) is 0 Å². The summed E-state index contributed by atoms with van der Waals surface area (Å²) in [5.74, 6) is -0.574. The summed E-state index contributed by atoms with van der Waals surface area (Å²) in [6, 6.07) is 8.20. The molecule has 1 unspecified atom stereocenters. The molecule has 0 saturated carbocycles. The molecule has 1 fully saturated rings. The van der Waals surface area contributed by atoms with E-state index in [1.165, 1.54) is 16.9 Å². The van der Waals surface area contributed by atoms with Crippen molar-refractivity contribution in [1.29, 1.82) is 0 Å². The predicted octanol–water partition coefficient (Wildman–Crippen LogP) is 4.63. The third-order valence-electron chi connectivity index (χ3n) is 5.14. The van der Waals surface area contributed by atoms with Crippen LogP contribution < -0.4 is 0 Å². The minimum absolute atomic E-state index is 0.104. The maximum Gasteiger partial charge on any atom is 0.351 e. The summed E-state index contributed by atoms with van der Waals surface area (Å²) < 4.78 is 5.50. The van der Waals surface area contributed by atoms with E-state index < -0.39 is 12.1 Å². The second-order valence-electron chi connectivity index (χ2n) is 7.27. The van der Waals surface area contributed by atoms with E-state index in [0.29, 0.717) is 10.6 Å². The Morgan fingerprint density at radius 2 is 1.79 bits per heavy atom. The number of nitrogens with zero attached hydrogens (tertiary/aromatic N) is 2. The fourth-order valence-electron chi connectivity index (χ4n) is 3.40. The number of carbonyl (C=O) groups excluding carboxylic acids is 2. The Morgan fingerprint density at radius 1 is 1.14 bits per heavy atom. The van der Waals surface area contributed by atoms with Crippen molar-refractivity contribution in [3.8, 4) is 10.6 Å². The van der Waals surface area contributed by atoms with E-state index in [1.54, 1.807) is 13.8 Å². The highest BCUT2D eigenvalue weighted by atomic mass is 32.1. The van der Waals surface area contributed by atoms with E-state index in [0.717, 1.165) is 55.8 Å². The molecule has 1 aliphatic heterocycles. The lowest BCUT2D eigenvalue weighted by molar-refractivity contribution is -0.139. The zero-order valence-electron chi connectivity index (χ0n) is 16.9. The Balaban J connectivity index is 1.68. The SMILES string of the molecule is CCc1ccc(-c2nc(C)c(C(=O)OC(C)C(=O)N3CCCCCC3)s2)cc1. The third-order valence-corrected chi connectivity index (χ3v) is 6.33. The second-order valence-corrected chi connectivity index (χ2v) is 8.27. The summed E-state index contributed by atoms with van der Waals surface area (Å²) in [7, 11) is 0. The smallest absolute Gasteiger partial charge is 0.351 e. The molecule has 1 saturated heterocycles. The molecular weight excluding hydrogens is 372 g/mol. The molecule has 0 bridgehead atoms. The molecule has 3 rings (SSSR count). The summed E-state index contributed by atoms with van der Waals surface area (Å²) >= 11 is 1.32. The van der Waals surface area contributed by atoms with Crippen LogP contribution in [0.5, 0.6) is 0 Å². The minimum atomic E-state index is -0.778.